The zero-order chi connectivity index (χ0) is 15.6. The molecule has 3 aromatic heterocycles. The van der Waals surface area contributed by atoms with Crippen molar-refractivity contribution in [1.29, 1.82) is 0 Å². The molecule has 0 saturated heterocycles. The summed E-state index contributed by atoms with van der Waals surface area (Å²) in [6.45, 7) is 2.09. The maximum Gasteiger partial charge on any atom is 0.160 e. The molecule has 0 saturated carbocycles. The summed E-state index contributed by atoms with van der Waals surface area (Å²) in [4.78, 5) is 8.49. The summed E-state index contributed by atoms with van der Waals surface area (Å²) >= 11 is 0. The van der Waals surface area contributed by atoms with Crippen LogP contribution in [0.25, 0.3) is 16.7 Å². The molecule has 3 heterocycles. The van der Waals surface area contributed by atoms with Gasteiger partial charge in [-0.05, 0) is 24.6 Å². The normalized spacial score (nSPS) is 12.4. The summed E-state index contributed by atoms with van der Waals surface area (Å²) in [5.74, 6) is 0.756. The Bertz CT molecular complexity index is 926. The third-order valence-corrected chi connectivity index (χ3v) is 3.76. The number of anilines is 1. The molecule has 0 aliphatic carbocycles. The zero-order valence-corrected chi connectivity index (χ0v) is 12.5. The smallest absolute Gasteiger partial charge is 0.160 e. The van der Waals surface area contributed by atoms with E-state index in [0.717, 1.165) is 28.1 Å². The quantitative estimate of drug-likeness (QED) is 0.605. The van der Waals surface area contributed by atoms with Gasteiger partial charge in [-0.3, -0.25) is 5.10 Å². The minimum Gasteiger partial charge on any atom is -0.363 e. The number of nitrogens with zero attached hydrogens (tertiary/aromatic N) is 5. The number of nitrogens with one attached hydrogen (secondary N) is 2. The number of aromatic nitrogens is 6. The highest BCUT2D eigenvalue weighted by Gasteiger charge is 2.14. The van der Waals surface area contributed by atoms with Crippen molar-refractivity contribution in [3.8, 4) is 5.69 Å². The highest BCUT2D eigenvalue weighted by atomic mass is 15.3. The predicted molar refractivity (Wildman–Crippen MR) is 87.3 cm³/mol. The van der Waals surface area contributed by atoms with Gasteiger partial charge in [0.1, 0.15) is 12.1 Å². The Morgan fingerprint density at radius 2 is 2.09 bits per heavy atom. The Labute approximate surface area is 132 Å². The summed E-state index contributed by atoms with van der Waals surface area (Å²) in [5.41, 5.74) is 2.89. The van der Waals surface area contributed by atoms with Gasteiger partial charge in [-0.25, -0.2) is 14.6 Å². The lowest BCUT2D eigenvalue weighted by Gasteiger charge is -2.18. The second-order valence-corrected chi connectivity index (χ2v) is 5.23. The molecule has 7 nitrogen and oxygen atoms in total. The van der Waals surface area contributed by atoms with Crippen molar-refractivity contribution >= 4 is 16.9 Å². The van der Waals surface area contributed by atoms with Crippen LogP contribution in [0.3, 0.4) is 0 Å². The minimum absolute atomic E-state index is 0.0448. The lowest BCUT2D eigenvalue weighted by atomic mass is 10.1. The van der Waals surface area contributed by atoms with E-state index in [1.165, 1.54) is 6.33 Å². The van der Waals surface area contributed by atoms with Gasteiger partial charge in [-0.2, -0.15) is 10.2 Å². The van der Waals surface area contributed by atoms with Crippen LogP contribution >= 0.6 is 0 Å². The van der Waals surface area contributed by atoms with E-state index < -0.39 is 0 Å². The van der Waals surface area contributed by atoms with E-state index in [9.17, 15) is 0 Å². The van der Waals surface area contributed by atoms with E-state index in [1.54, 1.807) is 12.4 Å². The molecule has 0 aliphatic heterocycles. The fourth-order valence-corrected chi connectivity index (χ4v) is 2.64. The number of hydrogen-bond donors (Lipinski definition) is 2. The molecule has 1 atom stereocenters. The van der Waals surface area contributed by atoms with Crippen molar-refractivity contribution < 1.29 is 0 Å². The summed E-state index contributed by atoms with van der Waals surface area (Å²) in [5, 5.41) is 15.5. The van der Waals surface area contributed by atoms with Crippen LogP contribution < -0.4 is 5.32 Å². The highest BCUT2D eigenvalue weighted by Crippen LogP contribution is 2.26. The van der Waals surface area contributed by atoms with Crippen LogP contribution in [0, 0.1) is 0 Å². The van der Waals surface area contributed by atoms with Crippen LogP contribution in [-0.4, -0.2) is 29.9 Å². The van der Waals surface area contributed by atoms with Crippen LogP contribution in [0.5, 0.6) is 0 Å². The molecule has 0 spiro atoms. The fourth-order valence-electron chi connectivity index (χ4n) is 2.64. The highest BCUT2D eigenvalue weighted by molar-refractivity contribution is 5.85. The average molecular weight is 305 g/mol. The van der Waals surface area contributed by atoms with Crippen LogP contribution in [0.1, 0.15) is 18.5 Å². The van der Waals surface area contributed by atoms with Crippen molar-refractivity contribution in [2.45, 2.75) is 13.0 Å². The summed E-state index contributed by atoms with van der Waals surface area (Å²) in [6, 6.07) is 10.1. The first-order valence-corrected chi connectivity index (χ1v) is 7.32. The molecule has 1 aromatic carbocycles. The second-order valence-electron chi connectivity index (χ2n) is 5.23. The third-order valence-electron chi connectivity index (χ3n) is 3.76. The molecule has 23 heavy (non-hydrogen) atoms. The molecule has 1 unspecified atom stereocenters. The SMILES string of the molecule is CC(Nc1ncnc2[nH]ncc12)c1ccccc1-n1cccn1. The molecule has 0 bridgehead atoms. The van der Waals surface area contributed by atoms with Crippen molar-refractivity contribution in [2.75, 3.05) is 5.32 Å². The monoisotopic (exact) mass is 305 g/mol. The Hall–Kier alpha value is -3.22. The number of H-pyrrole nitrogens is 1. The van der Waals surface area contributed by atoms with Gasteiger partial charge in [0.25, 0.3) is 0 Å². The summed E-state index contributed by atoms with van der Waals surface area (Å²) < 4.78 is 1.86. The molecule has 0 amide bonds. The first-order valence-electron chi connectivity index (χ1n) is 7.32. The Kier molecular flexibility index (Phi) is 3.23. The molecule has 0 radical (unpaired) electrons. The van der Waals surface area contributed by atoms with Gasteiger partial charge in [0.2, 0.25) is 0 Å². The Morgan fingerprint density at radius 3 is 2.96 bits per heavy atom. The second kappa shape index (κ2) is 5.53. The predicted octanol–water partition coefficient (Wildman–Crippen LogP) is 2.71. The fraction of sp³-hybridized carbons (Fsp3) is 0.125. The molecule has 0 aliphatic rings. The van der Waals surface area contributed by atoms with E-state index in [-0.39, 0.29) is 6.04 Å². The summed E-state index contributed by atoms with van der Waals surface area (Å²) in [7, 11) is 0. The Balaban J connectivity index is 1.70. The van der Waals surface area contributed by atoms with Crippen molar-refractivity contribution in [1.82, 2.24) is 29.9 Å². The van der Waals surface area contributed by atoms with Gasteiger partial charge in [0.15, 0.2) is 5.65 Å². The number of benzene rings is 1. The molecular formula is C16H15N7. The average Bonchev–Trinajstić information content (AvgIpc) is 3.27. The zero-order valence-electron chi connectivity index (χ0n) is 12.5. The number of rotatable bonds is 4. The van der Waals surface area contributed by atoms with Crippen molar-refractivity contribution in [3.05, 3.63) is 60.8 Å². The van der Waals surface area contributed by atoms with E-state index in [0.29, 0.717) is 0 Å². The first-order chi connectivity index (χ1) is 11.3. The third kappa shape index (κ3) is 2.42. The van der Waals surface area contributed by atoms with Gasteiger partial charge in [-0.15, -0.1) is 0 Å². The first kappa shape index (κ1) is 13.4. The van der Waals surface area contributed by atoms with Gasteiger partial charge >= 0.3 is 0 Å². The van der Waals surface area contributed by atoms with E-state index in [2.05, 4.69) is 43.6 Å². The topological polar surface area (TPSA) is 84.3 Å². The molecule has 0 fully saturated rings. The van der Waals surface area contributed by atoms with Gasteiger partial charge in [-0.1, -0.05) is 18.2 Å². The minimum atomic E-state index is 0.0448. The molecule has 7 heteroatoms. The standard InChI is InChI=1S/C16H15N7/c1-11(21-15-13-9-19-22-16(13)18-10-17-15)12-5-2-3-6-14(12)23-8-4-7-20-23/h2-11H,1H3,(H2,17,18,19,21,22). The van der Waals surface area contributed by atoms with Gasteiger partial charge in [0, 0.05) is 12.4 Å². The van der Waals surface area contributed by atoms with Crippen LogP contribution in [0.4, 0.5) is 5.82 Å². The number of hydrogen-bond acceptors (Lipinski definition) is 5. The molecule has 4 rings (SSSR count). The maximum atomic E-state index is 4.33. The van der Waals surface area contributed by atoms with Crippen molar-refractivity contribution in [2.24, 2.45) is 0 Å². The molecule has 114 valence electrons. The van der Waals surface area contributed by atoms with Crippen molar-refractivity contribution in [3.63, 3.8) is 0 Å². The van der Waals surface area contributed by atoms with Gasteiger partial charge < -0.3 is 5.32 Å². The largest absolute Gasteiger partial charge is 0.363 e. The summed E-state index contributed by atoms with van der Waals surface area (Å²) in [6.07, 6.45) is 6.96. The lowest BCUT2D eigenvalue weighted by Crippen LogP contribution is -2.12. The number of fused-ring (bicyclic) bond motifs is 1. The van der Waals surface area contributed by atoms with E-state index in [4.69, 9.17) is 0 Å². The lowest BCUT2D eigenvalue weighted by molar-refractivity contribution is 0.815. The Morgan fingerprint density at radius 1 is 1.17 bits per heavy atom. The van der Waals surface area contributed by atoms with Gasteiger partial charge in [0.05, 0.1) is 23.3 Å². The van der Waals surface area contributed by atoms with Crippen LogP contribution in [0.2, 0.25) is 0 Å². The number of para-hydroxylation sites is 1. The molecular weight excluding hydrogens is 290 g/mol. The van der Waals surface area contributed by atoms with E-state index in [1.807, 2.05) is 35.1 Å². The van der Waals surface area contributed by atoms with E-state index >= 15 is 0 Å². The molecule has 2 N–H and O–H groups in total. The van der Waals surface area contributed by atoms with Crippen LogP contribution in [-0.2, 0) is 0 Å². The van der Waals surface area contributed by atoms with Crippen LogP contribution in [0.15, 0.2) is 55.2 Å². The molecule has 4 aromatic rings. The number of aromatic amines is 1. The maximum absolute atomic E-state index is 4.33.